The Hall–Kier alpha value is -2.23. The van der Waals surface area contributed by atoms with Crippen LogP contribution in [0.3, 0.4) is 0 Å². The molecule has 0 aliphatic heterocycles. The SMILES string of the molecule is Cc1ccnnc1C(=O)OCc1ccccc1. The van der Waals surface area contributed by atoms with Gasteiger partial charge >= 0.3 is 5.97 Å². The molecule has 86 valence electrons. The summed E-state index contributed by atoms with van der Waals surface area (Å²) < 4.78 is 5.15. The van der Waals surface area contributed by atoms with Crippen molar-refractivity contribution < 1.29 is 9.53 Å². The van der Waals surface area contributed by atoms with Gasteiger partial charge in [-0.15, -0.1) is 5.10 Å². The third kappa shape index (κ3) is 2.87. The molecule has 0 atom stereocenters. The van der Waals surface area contributed by atoms with Crippen molar-refractivity contribution >= 4 is 5.97 Å². The standard InChI is InChI=1S/C13H12N2O2/c1-10-7-8-14-15-12(10)13(16)17-9-11-5-3-2-4-6-11/h2-8H,9H2,1H3. The largest absolute Gasteiger partial charge is 0.456 e. The Morgan fingerprint density at radius 1 is 1.24 bits per heavy atom. The van der Waals surface area contributed by atoms with Crippen molar-refractivity contribution in [3.63, 3.8) is 0 Å². The minimum Gasteiger partial charge on any atom is -0.456 e. The molecule has 2 aromatic rings. The lowest BCUT2D eigenvalue weighted by Gasteiger charge is -2.05. The molecule has 0 saturated heterocycles. The molecule has 0 N–H and O–H groups in total. The van der Waals surface area contributed by atoms with E-state index in [0.717, 1.165) is 11.1 Å². The Morgan fingerprint density at radius 3 is 2.71 bits per heavy atom. The van der Waals surface area contributed by atoms with Gasteiger partial charge in [-0.25, -0.2) is 4.79 Å². The molecule has 0 aliphatic carbocycles. The second-order valence-corrected chi connectivity index (χ2v) is 3.62. The highest BCUT2D eigenvalue weighted by molar-refractivity contribution is 5.88. The van der Waals surface area contributed by atoms with Crippen LogP contribution in [0.1, 0.15) is 21.6 Å². The number of ether oxygens (including phenoxy) is 1. The van der Waals surface area contributed by atoms with E-state index >= 15 is 0 Å². The smallest absolute Gasteiger partial charge is 0.359 e. The van der Waals surface area contributed by atoms with E-state index in [0.29, 0.717) is 0 Å². The Balaban J connectivity index is 2.01. The number of rotatable bonds is 3. The molecule has 0 fully saturated rings. The van der Waals surface area contributed by atoms with Crippen LogP contribution >= 0.6 is 0 Å². The van der Waals surface area contributed by atoms with Crippen molar-refractivity contribution in [2.24, 2.45) is 0 Å². The second-order valence-electron chi connectivity index (χ2n) is 3.62. The predicted molar refractivity (Wildman–Crippen MR) is 62.3 cm³/mol. The number of nitrogens with zero attached hydrogens (tertiary/aromatic N) is 2. The number of carbonyl (C=O) groups excluding carboxylic acids is 1. The summed E-state index contributed by atoms with van der Waals surface area (Å²) in [5.74, 6) is -0.445. The third-order valence-corrected chi connectivity index (χ3v) is 2.33. The monoisotopic (exact) mass is 228 g/mol. The Kier molecular flexibility index (Phi) is 3.45. The number of hydrogen-bond donors (Lipinski definition) is 0. The minimum atomic E-state index is -0.445. The van der Waals surface area contributed by atoms with Gasteiger partial charge in [-0.2, -0.15) is 5.10 Å². The molecule has 1 heterocycles. The number of carbonyl (C=O) groups is 1. The summed E-state index contributed by atoms with van der Waals surface area (Å²) in [5, 5.41) is 7.44. The molecule has 4 heteroatoms. The molecule has 0 bridgehead atoms. The molecular weight excluding hydrogens is 216 g/mol. The number of aromatic nitrogens is 2. The van der Waals surface area contributed by atoms with Crippen LogP contribution < -0.4 is 0 Å². The molecule has 0 radical (unpaired) electrons. The van der Waals surface area contributed by atoms with Crippen LogP contribution in [-0.4, -0.2) is 16.2 Å². The molecule has 4 nitrogen and oxygen atoms in total. The van der Waals surface area contributed by atoms with Crippen molar-refractivity contribution in [1.82, 2.24) is 10.2 Å². The molecule has 0 aliphatic rings. The fraction of sp³-hybridized carbons (Fsp3) is 0.154. The second kappa shape index (κ2) is 5.21. The molecule has 0 amide bonds. The minimum absolute atomic E-state index is 0.246. The third-order valence-electron chi connectivity index (χ3n) is 2.33. The van der Waals surface area contributed by atoms with E-state index in [9.17, 15) is 4.79 Å². The van der Waals surface area contributed by atoms with Crippen LogP contribution in [0.2, 0.25) is 0 Å². The zero-order chi connectivity index (χ0) is 12.1. The lowest BCUT2D eigenvalue weighted by atomic mass is 10.2. The fourth-order valence-corrected chi connectivity index (χ4v) is 1.39. The lowest BCUT2D eigenvalue weighted by molar-refractivity contribution is 0.0463. The van der Waals surface area contributed by atoms with E-state index in [1.807, 2.05) is 30.3 Å². The van der Waals surface area contributed by atoms with Gasteiger partial charge in [0.25, 0.3) is 0 Å². The van der Waals surface area contributed by atoms with Crippen molar-refractivity contribution in [3.05, 3.63) is 59.4 Å². The molecule has 1 aromatic carbocycles. The first kappa shape index (κ1) is 11.3. The van der Waals surface area contributed by atoms with Crippen molar-refractivity contribution in [1.29, 1.82) is 0 Å². The molecular formula is C13H12N2O2. The molecule has 0 unspecified atom stereocenters. The Morgan fingerprint density at radius 2 is 2.00 bits per heavy atom. The van der Waals surface area contributed by atoms with E-state index in [1.165, 1.54) is 0 Å². The van der Waals surface area contributed by atoms with Crippen molar-refractivity contribution in [2.75, 3.05) is 0 Å². The molecule has 1 aromatic heterocycles. The lowest BCUT2D eigenvalue weighted by Crippen LogP contribution is -2.10. The molecule has 0 saturated carbocycles. The van der Waals surface area contributed by atoms with E-state index in [2.05, 4.69) is 10.2 Å². The maximum atomic E-state index is 11.7. The first-order valence-electron chi connectivity index (χ1n) is 5.26. The predicted octanol–water partition coefficient (Wildman–Crippen LogP) is 2.14. The zero-order valence-corrected chi connectivity index (χ0v) is 9.46. The van der Waals surface area contributed by atoms with Gasteiger partial charge in [-0.1, -0.05) is 30.3 Å². The van der Waals surface area contributed by atoms with E-state index in [4.69, 9.17) is 4.74 Å². The highest BCUT2D eigenvalue weighted by atomic mass is 16.5. The van der Waals surface area contributed by atoms with Crippen LogP contribution in [-0.2, 0) is 11.3 Å². The van der Waals surface area contributed by atoms with Gasteiger partial charge in [0, 0.05) is 6.20 Å². The number of aryl methyl sites for hydroxylation is 1. The maximum absolute atomic E-state index is 11.7. The van der Waals surface area contributed by atoms with Crippen LogP contribution in [0.4, 0.5) is 0 Å². The van der Waals surface area contributed by atoms with Gasteiger partial charge in [-0.3, -0.25) is 0 Å². The highest BCUT2D eigenvalue weighted by Gasteiger charge is 2.12. The van der Waals surface area contributed by atoms with E-state index < -0.39 is 5.97 Å². The van der Waals surface area contributed by atoms with Gasteiger partial charge in [0.1, 0.15) is 6.61 Å². The van der Waals surface area contributed by atoms with E-state index in [1.54, 1.807) is 19.2 Å². The Bertz CT molecular complexity index is 512. The summed E-state index contributed by atoms with van der Waals surface area (Å²) in [6.45, 7) is 2.05. The van der Waals surface area contributed by atoms with Gasteiger partial charge in [0.2, 0.25) is 0 Å². The first-order chi connectivity index (χ1) is 8.27. The van der Waals surface area contributed by atoms with E-state index in [-0.39, 0.29) is 12.3 Å². The highest BCUT2D eigenvalue weighted by Crippen LogP contribution is 2.06. The summed E-state index contributed by atoms with van der Waals surface area (Å²) in [5.41, 5.74) is 1.98. The van der Waals surface area contributed by atoms with Crippen LogP contribution in [0.15, 0.2) is 42.6 Å². The van der Waals surface area contributed by atoms with Crippen LogP contribution in [0, 0.1) is 6.92 Å². The normalized spacial score (nSPS) is 9.94. The maximum Gasteiger partial charge on any atom is 0.359 e. The van der Waals surface area contributed by atoms with Crippen LogP contribution in [0.5, 0.6) is 0 Å². The summed E-state index contributed by atoms with van der Waals surface area (Å²) in [7, 11) is 0. The quantitative estimate of drug-likeness (QED) is 0.755. The van der Waals surface area contributed by atoms with Gasteiger partial charge < -0.3 is 4.74 Å². The van der Waals surface area contributed by atoms with Gasteiger partial charge in [-0.05, 0) is 24.1 Å². The number of hydrogen-bond acceptors (Lipinski definition) is 4. The zero-order valence-electron chi connectivity index (χ0n) is 9.46. The summed E-state index contributed by atoms with van der Waals surface area (Å²) in [6, 6.07) is 11.2. The average molecular weight is 228 g/mol. The van der Waals surface area contributed by atoms with Crippen LogP contribution in [0.25, 0.3) is 0 Å². The van der Waals surface area contributed by atoms with Gasteiger partial charge in [0.15, 0.2) is 5.69 Å². The number of esters is 1. The fourth-order valence-electron chi connectivity index (χ4n) is 1.39. The molecule has 17 heavy (non-hydrogen) atoms. The van der Waals surface area contributed by atoms with Crippen molar-refractivity contribution in [2.45, 2.75) is 13.5 Å². The molecule has 0 spiro atoms. The van der Waals surface area contributed by atoms with Crippen molar-refractivity contribution in [3.8, 4) is 0 Å². The molecule has 2 rings (SSSR count). The summed E-state index contributed by atoms with van der Waals surface area (Å²) >= 11 is 0. The van der Waals surface area contributed by atoms with Gasteiger partial charge in [0.05, 0.1) is 0 Å². The summed E-state index contributed by atoms with van der Waals surface area (Å²) in [4.78, 5) is 11.7. The number of benzene rings is 1. The average Bonchev–Trinajstić information content (AvgIpc) is 2.38. The topological polar surface area (TPSA) is 52.1 Å². The summed E-state index contributed by atoms with van der Waals surface area (Å²) in [6.07, 6.45) is 1.54. The first-order valence-corrected chi connectivity index (χ1v) is 5.26. The Labute approximate surface area is 99.3 Å².